The summed E-state index contributed by atoms with van der Waals surface area (Å²) in [6.45, 7) is 4.07. The van der Waals surface area contributed by atoms with E-state index in [0.717, 1.165) is 30.2 Å². The maximum atomic E-state index is 5.92. The monoisotopic (exact) mass is 273 g/mol. The number of hydrogen-bond donors (Lipinski definition) is 1. The Morgan fingerprint density at radius 1 is 1.30 bits per heavy atom. The molecule has 1 aromatic heterocycles. The van der Waals surface area contributed by atoms with Crippen molar-refractivity contribution in [1.82, 2.24) is 9.55 Å². The summed E-state index contributed by atoms with van der Waals surface area (Å²) in [5.74, 6) is 1.67. The number of rotatable bonds is 4. The van der Waals surface area contributed by atoms with Crippen molar-refractivity contribution in [3.63, 3.8) is 0 Å². The van der Waals surface area contributed by atoms with Gasteiger partial charge in [-0.2, -0.15) is 0 Å². The maximum Gasteiger partial charge on any atom is 0.161 e. The Bertz CT molecular complexity index is 593. The van der Waals surface area contributed by atoms with Crippen molar-refractivity contribution in [2.24, 2.45) is 5.73 Å². The number of nitrogens with zero attached hydrogens (tertiary/aromatic N) is 2. The largest absolute Gasteiger partial charge is 0.486 e. The van der Waals surface area contributed by atoms with Gasteiger partial charge in [0.1, 0.15) is 13.2 Å². The van der Waals surface area contributed by atoms with Crippen molar-refractivity contribution >= 4 is 0 Å². The number of ether oxygens (including phenoxy) is 2. The first-order valence-corrected chi connectivity index (χ1v) is 6.88. The second-order valence-corrected chi connectivity index (χ2v) is 5.03. The molecule has 3 rings (SSSR count). The molecule has 1 atom stereocenters. The Hall–Kier alpha value is -2.01. The van der Waals surface area contributed by atoms with E-state index in [-0.39, 0.29) is 6.04 Å². The van der Waals surface area contributed by atoms with Gasteiger partial charge in [0, 0.05) is 18.8 Å². The van der Waals surface area contributed by atoms with Crippen LogP contribution in [-0.4, -0.2) is 22.8 Å². The van der Waals surface area contributed by atoms with E-state index in [1.807, 2.05) is 25.5 Å². The minimum absolute atomic E-state index is 0.00207. The zero-order valence-corrected chi connectivity index (χ0v) is 11.6. The van der Waals surface area contributed by atoms with Gasteiger partial charge in [0.2, 0.25) is 0 Å². The average Bonchev–Trinajstić information content (AvgIpc) is 2.93. The number of hydrogen-bond acceptors (Lipinski definition) is 4. The number of aromatic nitrogens is 2. The fourth-order valence-electron chi connectivity index (χ4n) is 2.39. The maximum absolute atomic E-state index is 5.92. The van der Waals surface area contributed by atoms with Crippen LogP contribution in [0.5, 0.6) is 11.5 Å². The smallest absolute Gasteiger partial charge is 0.161 e. The molecule has 1 aliphatic heterocycles. The predicted molar refractivity (Wildman–Crippen MR) is 76.0 cm³/mol. The normalized spacial score (nSPS) is 15.1. The lowest BCUT2D eigenvalue weighted by atomic mass is 10.1. The lowest BCUT2D eigenvalue weighted by Gasteiger charge is -2.19. The van der Waals surface area contributed by atoms with Gasteiger partial charge in [0.05, 0.1) is 12.0 Å². The topological polar surface area (TPSA) is 62.3 Å². The molecule has 0 spiro atoms. The van der Waals surface area contributed by atoms with Gasteiger partial charge in [0.25, 0.3) is 0 Å². The fourth-order valence-corrected chi connectivity index (χ4v) is 2.39. The first-order chi connectivity index (χ1) is 9.74. The molecule has 0 fully saturated rings. The summed E-state index contributed by atoms with van der Waals surface area (Å²) in [5, 5.41) is 0. The Morgan fingerprint density at radius 3 is 2.90 bits per heavy atom. The molecule has 0 bridgehead atoms. The van der Waals surface area contributed by atoms with Gasteiger partial charge < -0.3 is 19.8 Å². The van der Waals surface area contributed by atoms with Gasteiger partial charge >= 0.3 is 0 Å². The average molecular weight is 273 g/mol. The number of benzene rings is 1. The van der Waals surface area contributed by atoms with Crippen LogP contribution in [0.15, 0.2) is 30.7 Å². The van der Waals surface area contributed by atoms with E-state index in [2.05, 4.69) is 21.7 Å². The summed E-state index contributed by atoms with van der Waals surface area (Å²) in [6.07, 6.45) is 4.57. The van der Waals surface area contributed by atoms with Gasteiger partial charge in [0.15, 0.2) is 11.5 Å². The summed E-state index contributed by atoms with van der Waals surface area (Å²) in [7, 11) is 0. The van der Waals surface area contributed by atoms with Crippen LogP contribution in [0.4, 0.5) is 0 Å². The third kappa shape index (κ3) is 2.63. The predicted octanol–water partition coefficient (Wildman–Crippen LogP) is 1.92. The molecule has 2 aromatic rings. The highest BCUT2D eigenvalue weighted by atomic mass is 16.6. The molecule has 0 unspecified atom stereocenters. The minimum Gasteiger partial charge on any atom is -0.486 e. The molecule has 5 heteroatoms. The van der Waals surface area contributed by atoms with Gasteiger partial charge in [-0.25, -0.2) is 4.98 Å². The third-order valence-electron chi connectivity index (χ3n) is 3.46. The highest BCUT2D eigenvalue weighted by molar-refractivity contribution is 5.43. The molecule has 1 aliphatic rings. The second kappa shape index (κ2) is 5.54. The van der Waals surface area contributed by atoms with Crippen LogP contribution in [0, 0.1) is 0 Å². The molecule has 5 nitrogen and oxygen atoms in total. The standard InChI is InChI=1S/C15H19N3O2/c1-11(16)13-9-17-10-18(13)5-4-12-2-3-14-15(8-12)20-7-6-19-14/h2-3,8-11H,4-7,16H2,1H3/t11-/m0/s1. The number of fused-ring (bicyclic) bond motifs is 1. The van der Waals surface area contributed by atoms with Crippen LogP contribution in [0.1, 0.15) is 24.2 Å². The Labute approximate surface area is 118 Å². The lowest BCUT2D eigenvalue weighted by Crippen LogP contribution is -2.15. The molecule has 2 heterocycles. The van der Waals surface area contributed by atoms with E-state index in [0.29, 0.717) is 13.2 Å². The van der Waals surface area contributed by atoms with Crippen LogP contribution in [0.3, 0.4) is 0 Å². The molecule has 0 saturated carbocycles. The van der Waals surface area contributed by atoms with E-state index in [1.165, 1.54) is 5.56 Å². The second-order valence-electron chi connectivity index (χ2n) is 5.03. The van der Waals surface area contributed by atoms with Gasteiger partial charge in [-0.1, -0.05) is 6.07 Å². The number of nitrogens with two attached hydrogens (primary N) is 1. The lowest BCUT2D eigenvalue weighted by molar-refractivity contribution is 0.171. The van der Waals surface area contributed by atoms with Crippen molar-refractivity contribution in [2.45, 2.75) is 25.9 Å². The number of aryl methyl sites for hydroxylation is 2. The fraction of sp³-hybridized carbons (Fsp3) is 0.400. The molecular weight excluding hydrogens is 254 g/mol. The van der Waals surface area contributed by atoms with Crippen LogP contribution in [0.2, 0.25) is 0 Å². The van der Waals surface area contributed by atoms with Crippen molar-refractivity contribution in [3.05, 3.63) is 42.0 Å². The van der Waals surface area contributed by atoms with E-state index < -0.39 is 0 Å². The summed E-state index contributed by atoms with van der Waals surface area (Å²) in [6, 6.07) is 6.11. The van der Waals surface area contributed by atoms with Crippen LogP contribution in [0.25, 0.3) is 0 Å². The number of imidazole rings is 1. The van der Waals surface area contributed by atoms with Gasteiger partial charge in [-0.05, 0) is 31.0 Å². The summed E-state index contributed by atoms with van der Waals surface area (Å²) >= 11 is 0. The molecule has 2 N–H and O–H groups in total. The van der Waals surface area contributed by atoms with Gasteiger partial charge in [-0.15, -0.1) is 0 Å². The first-order valence-electron chi connectivity index (χ1n) is 6.88. The van der Waals surface area contributed by atoms with Crippen LogP contribution < -0.4 is 15.2 Å². The summed E-state index contributed by atoms with van der Waals surface area (Å²) in [5.41, 5.74) is 8.20. The van der Waals surface area contributed by atoms with E-state index in [1.54, 1.807) is 0 Å². The molecule has 1 aromatic carbocycles. The Morgan fingerprint density at radius 2 is 2.10 bits per heavy atom. The van der Waals surface area contributed by atoms with Crippen molar-refractivity contribution in [3.8, 4) is 11.5 Å². The SMILES string of the molecule is C[C@H](N)c1cncn1CCc1ccc2c(c1)OCCO2. The molecule has 0 saturated heterocycles. The third-order valence-corrected chi connectivity index (χ3v) is 3.46. The van der Waals surface area contributed by atoms with Crippen LogP contribution >= 0.6 is 0 Å². The molecular formula is C15H19N3O2. The quantitative estimate of drug-likeness (QED) is 0.924. The summed E-state index contributed by atoms with van der Waals surface area (Å²) in [4.78, 5) is 4.16. The van der Waals surface area contributed by atoms with E-state index in [4.69, 9.17) is 15.2 Å². The highest BCUT2D eigenvalue weighted by Gasteiger charge is 2.12. The van der Waals surface area contributed by atoms with Crippen molar-refractivity contribution < 1.29 is 9.47 Å². The highest BCUT2D eigenvalue weighted by Crippen LogP contribution is 2.31. The van der Waals surface area contributed by atoms with Gasteiger partial charge in [-0.3, -0.25) is 0 Å². The van der Waals surface area contributed by atoms with Crippen LogP contribution in [-0.2, 0) is 13.0 Å². The van der Waals surface area contributed by atoms with E-state index in [9.17, 15) is 0 Å². The molecule has 0 amide bonds. The zero-order valence-electron chi connectivity index (χ0n) is 11.6. The zero-order chi connectivity index (χ0) is 13.9. The van der Waals surface area contributed by atoms with Crippen molar-refractivity contribution in [2.75, 3.05) is 13.2 Å². The minimum atomic E-state index is -0.00207. The first kappa shape index (κ1) is 13.0. The molecule has 20 heavy (non-hydrogen) atoms. The molecule has 0 aliphatic carbocycles. The van der Waals surface area contributed by atoms with Crippen molar-refractivity contribution in [1.29, 1.82) is 0 Å². The summed E-state index contributed by atoms with van der Waals surface area (Å²) < 4.78 is 13.2. The Balaban J connectivity index is 1.70. The Kier molecular flexibility index (Phi) is 3.60. The molecule has 0 radical (unpaired) electrons. The van der Waals surface area contributed by atoms with E-state index >= 15 is 0 Å². The molecule has 106 valence electrons.